The minimum absolute atomic E-state index is 0.00782. The van der Waals surface area contributed by atoms with Crippen molar-refractivity contribution in [1.29, 1.82) is 0 Å². The molecule has 1 atom stereocenters. The summed E-state index contributed by atoms with van der Waals surface area (Å²) in [5, 5.41) is 4.61. The maximum Gasteiger partial charge on any atom is 0.411 e. The van der Waals surface area contributed by atoms with Crippen molar-refractivity contribution in [1.82, 2.24) is 5.32 Å². The van der Waals surface area contributed by atoms with Crippen LogP contribution in [0.5, 0.6) is 0 Å². The van der Waals surface area contributed by atoms with E-state index in [0.29, 0.717) is 11.1 Å². The van der Waals surface area contributed by atoms with Gasteiger partial charge in [-0.05, 0) is 29.1 Å². The topological polar surface area (TPSA) is 64.6 Å². The summed E-state index contributed by atoms with van der Waals surface area (Å²) >= 11 is 1.40. The second kappa shape index (κ2) is 9.52. The second-order valence-electron chi connectivity index (χ2n) is 5.63. The lowest BCUT2D eigenvalue weighted by Crippen LogP contribution is -2.30. The van der Waals surface area contributed by atoms with Crippen LogP contribution in [-0.4, -0.2) is 31.8 Å². The predicted octanol–water partition coefficient (Wildman–Crippen LogP) is 3.86. The number of hydrogen-bond acceptors (Lipinski definition) is 5. The highest BCUT2D eigenvalue weighted by atomic mass is 32.1. The summed E-state index contributed by atoms with van der Waals surface area (Å²) in [6.45, 7) is -1.53. The molecule has 5 nitrogen and oxygen atoms in total. The molecule has 27 heavy (non-hydrogen) atoms. The highest BCUT2D eigenvalue weighted by Gasteiger charge is 2.27. The molecule has 9 heteroatoms. The highest BCUT2D eigenvalue weighted by molar-refractivity contribution is 7.10. The number of hydrogen-bond donors (Lipinski definition) is 1. The summed E-state index contributed by atoms with van der Waals surface area (Å²) in [4.78, 5) is 24.8. The molecule has 0 aliphatic rings. The van der Waals surface area contributed by atoms with Crippen LogP contribution in [0.25, 0.3) is 0 Å². The predicted molar refractivity (Wildman–Crippen MR) is 93.3 cm³/mol. The van der Waals surface area contributed by atoms with Crippen molar-refractivity contribution in [2.24, 2.45) is 0 Å². The zero-order valence-electron chi connectivity index (χ0n) is 14.4. The first-order valence-electron chi connectivity index (χ1n) is 7.93. The Morgan fingerprint density at radius 2 is 1.89 bits per heavy atom. The van der Waals surface area contributed by atoms with Gasteiger partial charge >= 0.3 is 12.1 Å². The fraction of sp³-hybridized carbons (Fsp3) is 0.333. The molecule has 1 unspecified atom stereocenters. The summed E-state index contributed by atoms with van der Waals surface area (Å²) < 4.78 is 45.5. The Morgan fingerprint density at radius 3 is 2.44 bits per heavy atom. The summed E-state index contributed by atoms with van der Waals surface area (Å²) in [7, 11) is 1.27. The Morgan fingerprint density at radius 1 is 1.19 bits per heavy atom. The maximum atomic E-state index is 12.4. The molecule has 1 heterocycles. The molecule has 1 aromatic carbocycles. The summed E-state index contributed by atoms with van der Waals surface area (Å²) in [5.74, 6) is -0.856. The number of nitrogens with one attached hydrogen (secondary N) is 1. The van der Waals surface area contributed by atoms with Gasteiger partial charge in [0.2, 0.25) is 0 Å². The zero-order chi connectivity index (χ0) is 19.9. The van der Waals surface area contributed by atoms with Crippen molar-refractivity contribution >= 4 is 23.2 Å². The van der Waals surface area contributed by atoms with Gasteiger partial charge in [0, 0.05) is 10.4 Å². The quantitative estimate of drug-likeness (QED) is 0.683. The van der Waals surface area contributed by atoms with Crippen molar-refractivity contribution in [3.8, 4) is 0 Å². The van der Waals surface area contributed by atoms with Gasteiger partial charge in [-0.25, -0.2) is 0 Å². The molecule has 0 aliphatic heterocycles. The smallest absolute Gasteiger partial charge is 0.411 e. The third-order valence-electron chi connectivity index (χ3n) is 3.54. The third kappa shape index (κ3) is 7.03. The number of thiophene rings is 1. The lowest BCUT2D eigenvalue weighted by Gasteiger charge is -2.16. The van der Waals surface area contributed by atoms with Gasteiger partial charge in [0.1, 0.15) is 6.61 Å². The number of carbonyl (C=O) groups excluding carboxylic acids is 2. The summed E-state index contributed by atoms with van der Waals surface area (Å²) in [6, 6.07) is 9.11. The first kappa shape index (κ1) is 20.9. The van der Waals surface area contributed by atoms with Gasteiger partial charge in [-0.1, -0.05) is 18.2 Å². The average Bonchev–Trinajstić information content (AvgIpc) is 3.15. The highest BCUT2D eigenvalue weighted by Crippen LogP contribution is 2.23. The Bertz CT molecular complexity index is 745. The van der Waals surface area contributed by atoms with Gasteiger partial charge in [0.15, 0.2) is 0 Å². The van der Waals surface area contributed by atoms with Crippen molar-refractivity contribution < 1.29 is 32.2 Å². The van der Waals surface area contributed by atoms with E-state index in [1.165, 1.54) is 42.7 Å². The number of methoxy groups -OCH3 is 1. The SMILES string of the molecule is COC(=O)CC(NC(=O)c1ccc(COCC(F)(F)F)cc1)c1cccs1. The maximum absolute atomic E-state index is 12.4. The molecule has 2 rings (SSSR count). The first-order chi connectivity index (χ1) is 12.8. The van der Waals surface area contributed by atoms with E-state index in [4.69, 9.17) is 0 Å². The van der Waals surface area contributed by atoms with Crippen LogP contribution >= 0.6 is 11.3 Å². The van der Waals surface area contributed by atoms with Crippen molar-refractivity contribution in [2.45, 2.75) is 25.2 Å². The molecule has 0 spiro atoms. The van der Waals surface area contributed by atoms with E-state index in [1.54, 1.807) is 6.07 Å². The number of carbonyl (C=O) groups is 2. The number of ether oxygens (including phenoxy) is 2. The molecule has 0 saturated heterocycles. The molecule has 2 aromatic rings. The van der Waals surface area contributed by atoms with Gasteiger partial charge in [-0.3, -0.25) is 9.59 Å². The fourth-order valence-electron chi connectivity index (χ4n) is 2.24. The van der Waals surface area contributed by atoms with E-state index in [-0.39, 0.29) is 13.0 Å². The van der Waals surface area contributed by atoms with Crippen LogP contribution in [0.1, 0.15) is 33.3 Å². The van der Waals surface area contributed by atoms with Crippen molar-refractivity contribution in [3.05, 3.63) is 57.8 Å². The van der Waals surface area contributed by atoms with Crippen LogP contribution in [0, 0.1) is 0 Å². The molecule has 1 N–H and O–H groups in total. The molecule has 1 aromatic heterocycles. The molecule has 1 amide bonds. The van der Waals surface area contributed by atoms with Crippen molar-refractivity contribution in [3.63, 3.8) is 0 Å². The number of halogens is 3. The number of benzene rings is 1. The van der Waals surface area contributed by atoms with Crippen LogP contribution < -0.4 is 5.32 Å². The molecule has 0 radical (unpaired) electrons. The van der Waals surface area contributed by atoms with E-state index in [0.717, 1.165) is 4.88 Å². The minimum atomic E-state index is -4.38. The Balaban J connectivity index is 1.98. The van der Waals surface area contributed by atoms with E-state index in [2.05, 4.69) is 14.8 Å². The van der Waals surface area contributed by atoms with E-state index < -0.39 is 30.7 Å². The van der Waals surface area contributed by atoms with Gasteiger partial charge in [0.25, 0.3) is 5.91 Å². The van der Waals surface area contributed by atoms with Gasteiger partial charge in [-0.2, -0.15) is 13.2 Å². The van der Waals surface area contributed by atoms with E-state index >= 15 is 0 Å². The Labute approximate surface area is 158 Å². The third-order valence-corrected chi connectivity index (χ3v) is 4.53. The summed E-state index contributed by atoms with van der Waals surface area (Å²) in [6.07, 6.45) is -4.39. The number of amides is 1. The molecular weight excluding hydrogens is 383 g/mol. The first-order valence-corrected chi connectivity index (χ1v) is 8.81. The summed E-state index contributed by atoms with van der Waals surface area (Å²) in [5.41, 5.74) is 0.834. The molecule has 0 aliphatic carbocycles. The molecule has 146 valence electrons. The van der Waals surface area contributed by atoms with E-state index in [9.17, 15) is 22.8 Å². The van der Waals surface area contributed by atoms with Crippen LogP contribution in [0.2, 0.25) is 0 Å². The average molecular weight is 401 g/mol. The van der Waals surface area contributed by atoms with Crippen LogP contribution in [0.4, 0.5) is 13.2 Å². The molecule has 0 bridgehead atoms. The molecular formula is C18H18F3NO4S. The Hall–Kier alpha value is -2.39. The number of rotatable bonds is 8. The fourth-order valence-corrected chi connectivity index (χ4v) is 3.02. The molecule has 0 saturated carbocycles. The lowest BCUT2D eigenvalue weighted by atomic mass is 10.1. The Kier molecular flexibility index (Phi) is 7.37. The lowest BCUT2D eigenvalue weighted by molar-refractivity contribution is -0.176. The van der Waals surface area contributed by atoms with Crippen LogP contribution in [0.15, 0.2) is 41.8 Å². The standard InChI is InChI=1S/C18H18F3NO4S/c1-25-16(23)9-14(15-3-2-8-27-15)22-17(24)13-6-4-12(5-7-13)10-26-11-18(19,20)21/h2-8,14H,9-11H2,1H3,(H,22,24). The number of esters is 1. The number of alkyl halides is 3. The van der Waals surface area contributed by atoms with Gasteiger partial charge in [-0.15, -0.1) is 11.3 Å². The van der Waals surface area contributed by atoms with Crippen molar-refractivity contribution in [2.75, 3.05) is 13.7 Å². The van der Waals surface area contributed by atoms with E-state index in [1.807, 2.05) is 11.4 Å². The second-order valence-corrected chi connectivity index (χ2v) is 6.61. The van der Waals surface area contributed by atoms with Crippen LogP contribution in [0.3, 0.4) is 0 Å². The van der Waals surface area contributed by atoms with Crippen LogP contribution in [-0.2, 0) is 20.9 Å². The zero-order valence-corrected chi connectivity index (χ0v) is 15.2. The largest absolute Gasteiger partial charge is 0.469 e. The van der Waals surface area contributed by atoms with Gasteiger partial charge in [0.05, 0.1) is 26.2 Å². The monoisotopic (exact) mass is 401 g/mol. The normalized spacial score (nSPS) is 12.4. The molecule has 0 fully saturated rings. The van der Waals surface area contributed by atoms with Gasteiger partial charge < -0.3 is 14.8 Å². The minimum Gasteiger partial charge on any atom is -0.469 e.